The summed E-state index contributed by atoms with van der Waals surface area (Å²) in [5.41, 5.74) is 1.55. The number of fused-ring (bicyclic) bond motifs is 1. The first-order valence-corrected chi connectivity index (χ1v) is 7.76. The molecule has 0 bridgehead atoms. The molecule has 0 aliphatic heterocycles. The Morgan fingerprint density at radius 1 is 0.958 bits per heavy atom. The highest BCUT2D eigenvalue weighted by Crippen LogP contribution is 2.19. The maximum atomic E-state index is 13.8. The molecule has 0 saturated heterocycles. The predicted molar refractivity (Wildman–Crippen MR) is 87.6 cm³/mol. The van der Waals surface area contributed by atoms with Crippen molar-refractivity contribution in [1.82, 2.24) is 4.57 Å². The van der Waals surface area contributed by atoms with E-state index >= 15 is 0 Å². The van der Waals surface area contributed by atoms with E-state index in [1.165, 1.54) is 12.1 Å². The second-order valence-electron chi connectivity index (χ2n) is 5.60. The molecule has 0 unspecified atom stereocenters. The van der Waals surface area contributed by atoms with Crippen molar-refractivity contribution >= 4 is 10.9 Å². The molecule has 3 rings (SSSR count). The van der Waals surface area contributed by atoms with Crippen LogP contribution in [0.15, 0.2) is 47.3 Å². The molecule has 0 radical (unpaired) electrons. The van der Waals surface area contributed by atoms with Crippen molar-refractivity contribution in [2.24, 2.45) is 0 Å². The lowest BCUT2D eigenvalue weighted by molar-refractivity contribution is 0.440. The topological polar surface area (TPSA) is 22.0 Å². The third-order valence-corrected chi connectivity index (χ3v) is 4.19. The van der Waals surface area contributed by atoms with Crippen LogP contribution in [0.2, 0.25) is 0 Å². The standard InChI is InChI=1S/C19H16F3NO/c1-2-23-13(11-17(24)14-5-3-4-6-16(14)23)9-7-12-8-10-15(20)19(22)18(12)21/h3-6,8,10-11H,2,7,9H2,1H3. The van der Waals surface area contributed by atoms with Gasteiger partial charge in [0.1, 0.15) is 0 Å². The number of benzene rings is 2. The molecule has 3 aromatic rings. The van der Waals surface area contributed by atoms with Gasteiger partial charge in [0.15, 0.2) is 22.9 Å². The third-order valence-electron chi connectivity index (χ3n) is 4.19. The van der Waals surface area contributed by atoms with Crippen LogP contribution in [0.4, 0.5) is 13.2 Å². The van der Waals surface area contributed by atoms with Crippen LogP contribution in [0.25, 0.3) is 10.9 Å². The van der Waals surface area contributed by atoms with Gasteiger partial charge in [-0.15, -0.1) is 0 Å². The molecule has 1 aromatic heterocycles. The number of hydrogen-bond donors (Lipinski definition) is 0. The molecular formula is C19H16F3NO. The molecule has 5 heteroatoms. The highest BCUT2D eigenvalue weighted by atomic mass is 19.2. The number of para-hydroxylation sites is 1. The van der Waals surface area contributed by atoms with Crippen molar-refractivity contribution in [3.63, 3.8) is 0 Å². The fraction of sp³-hybridized carbons (Fsp3) is 0.211. The summed E-state index contributed by atoms with van der Waals surface area (Å²) < 4.78 is 42.1. The van der Waals surface area contributed by atoms with Gasteiger partial charge in [-0.3, -0.25) is 4.79 Å². The minimum absolute atomic E-state index is 0.0946. The SMILES string of the molecule is CCn1c(CCc2ccc(F)c(F)c2F)cc(=O)c2ccccc21. The van der Waals surface area contributed by atoms with E-state index in [9.17, 15) is 18.0 Å². The zero-order valence-electron chi connectivity index (χ0n) is 13.2. The Morgan fingerprint density at radius 2 is 1.71 bits per heavy atom. The maximum absolute atomic E-state index is 13.8. The van der Waals surface area contributed by atoms with Crippen molar-refractivity contribution in [2.45, 2.75) is 26.3 Å². The zero-order valence-corrected chi connectivity index (χ0v) is 13.2. The molecule has 0 saturated carbocycles. The van der Waals surface area contributed by atoms with Crippen molar-refractivity contribution in [2.75, 3.05) is 0 Å². The highest BCUT2D eigenvalue weighted by molar-refractivity contribution is 5.79. The molecule has 124 valence electrons. The summed E-state index contributed by atoms with van der Waals surface area (Å²) in [4.78, 5) is 12.2. The Balaban J connectivity index is 1.99. The Hall–Kier alpha value is -2.56. The average Bonchev–Trinajstić information content (AvgIpc) is 2.59. The third kappa shape index (κ3) is 2.82. The molecule has 0 aliphatic rings. The monoisotopic (exact) mass is 331 g/mol. The van der Waals surface area contributed by atoms with Crippen LogP contribution < -0.4 is 5.43 Å². The first-order valence-electron chi connectivity index (χ1n) is 7.76. The molecule has 0 amide bonds. The lowest BCUT2D eigenvalue weighted by atomic mass is 10.0. The van der Waals surface area contributed by atoms with E-state index in [0.717, 1.165) is 17.3 Å². The first kappa shape index (κ1) is 16.3. The number of aromatic nitrogens is 1. The van der Waals surface area contributed by atoms with Gasteiger partial charge in [-0.1, -0.05) is 18.2 Å². The van der Waals surface area contributed by atoms with E-state index in [-0.39, 0.29) is 17.4 Å². The molecular weight excluding hydrogens is 315 g/mol. The summed E-state index contributed by atoms with van der Waals surface area (Å²) >= 11 is 0. The molecule has 0 spiro atoms. The quantitative estimate of drug-likeness (QED) is 0.656. The van der Waals surface area contributed by atoms with Gasteiger partial charge in [-0.2, -0.15) is 0 Å². The van der Waals surface area contributed by atoms with E-state index in [4.69, 9.17) is 0 Å². The van der Waals surface area contributed by atoms with Gasteiger partial charge in [-0.25, -0.2) is 13.2 Å². The van der Waals surface area contributed by atoms with Gasteiger partial charge >= 0.3 is 0 Å². The Bertz CT molecular complexity index is 963. The second-order valence-corrected chi connectivity index (χ2v) is 5.60. The van der Waals surface area contributed by atoms with Crippen molar-refractivity contribution < 1.29 is 13.2 Å². The fourth-order valence-electron chi connectivity index (χ4n) is 2.98. The lowest BCUT2D eigenvalue weighted by Gasteiger charge is -2.15. The molecule has 1 heterocycles. The lowest BCUT2D eigenvalue weighted by Crippen LogP contribution is -2.14. The predicted octanol–water partition coefficient (Wildman–Crippen LogP) is 4.22. The minimum atomic E-state index is -1.46. The van der Waals surface area contributed by atoms with Gasteiger partial charge in [-0.05, 0) is 43.5 Å². The summed E-state index contributed by atoms with van der Waals surface area (Å²) in [7, 11) is 0. The smallest absolute Gasteiger partial charge is 0.194 e. The number of nitrogens with zero attached hydrogens (tertiary/aromatic N) is 1. The fourth-order valence-corrected chi connectivity index (χ4v) is 2.98. The van der Waals surface area contributed by atoms with Crippen LogP contribution in [0.1, 0.15) is 18.2 Å². The van der Waals surface area contributed by atoms with Crippen molar-refractivity contribution in [1.29, 1.82) is 0 Å². The highest BCUT2D eigenvalue weighted by Gasteiger charge is 2.14. The van der Waals surface area contributed by atoms with E-state index in [0.29, 0.717) is 18.4 Å². The zero-order chi connectivity index (χ0) is 17.3. The van der Waals surface area contributed by atoms with E-state index in [1.807, 2.05) is 23.6 Å². The van der Waals surface area contributed by atoms with Crippen LogP contribution in [0.5, 0.6) is 0 Å². The number of aryl methyl sites for hydroxylation is 3. The Labute approximate surface area is 137 Å². The molecule has 2 aromatic carbocycles. The Morgan fingerprint density at radius 3 is 2.46 bits per heavy atom. The average molecular weight is 331 g/mol. The van der Waals surface area contributed by atoms with Gasteiger partial charge in [0.2, 0.25) is 0 Å². The maximum Gasteiger partial charge on any atom is 0.194 e. The summed E-state index contributed by atoms with van der Waals surface area (Å²) in [6.07, 6.45) is 0.538. The van der Waals surface area contributed by atoms with Crippen LogP contribution >= 0.6 is 0 Å². The number of halogens is 3. The summed E-state index contributed by atoms with van der Waals surface area (Å²) in [5, 5.41) is 0.627. The summed E-state index contributed by atoms with van der Waals surface area (Å²) in [6, 6.07) is 11.0. The number of rotatable bonds is 4. The normalized spacial score (nSPS) is 11.2. The van der Waals surface area contributed by atoms with Crippen LogP contribution in [0.3, 0.4) is 0 Å². The molecule has 24 heavy (non-hydrogen) atoms. The van der Waals surface area contributed by atoms with Gasteiger partial charge in [0.25, 0.3) is 0 Å². The van der Waals surface area contributed by atoms with Crippen LogP contribution in [-0.2, 0) is 19.4 Å². The number of hydrogen-bond acceptors (Lipinski definition) is 1. The molecule has 0 atom stereocenters. The first-order chi connectivity index (χ1) is 11.5. The van der Waals surface area contributed by atoms with E-state index in [1.54, 1.807) is 12.1 Å². The largest absolute Gasteiger partial charge is 0.345 e. The molecule has 0 fully saturated rings. The van der Waals surface area contributed by atoms with Crippen molar-refractivity contribution in [3.8, 4) is 0 Å². The molecule has 0 N–H and O–H groups in total. The van der Waals surface area contributed by atoms with Gasteiger partial charge in [0.05, 0.1) is 5.52 Å². The molecule has 2 nitrogen and oxygen atoms in total. The molecule has 0 aliphatic carbocycles. The van der Waals surface area contributed by atoms with Crippen LogP contribution in [-0.4, -0.2) is 4.57 Å². The van der Waals surface area contributed by atoms with Gasteiger partial charge < -0.3 is 4.57 Å². The summed E-state index contributed by atoms with van der Waals surface area (Å²) in [5.74, 6) is -3.83. The van der Waals surface area contributed by atoms with Gasteiger partial charge in [0, 0.05) is 23.7 Å². The van der Waals surface area contributed by atoms with Crippen molar-refractivity contribution in [3.05, 3.63) is 81.4 Å². The van der Waals surface area contributed by atoms with Crippen LogP contribution in [0, 0.1) is 17.5 Å². The van der Waals surface area contributed by atoms with E-state index < -0.39 is 17.5 Å². The summed E-state index contributed by atoms with van der Waals surface area (Å²) in [6.45, 7) is 2.61. The second kappa shape index (κ2) is 6.51. The number of pyridine rings is 1. The minimum Gasteiger partial charge on any atom is -0.345 e. The Kier molecular flexibility index (Phi) is 4.42. The van der Waals surface area contributed by atoms with E-state index in [2.05, 4.69) is 0 Å².